The maximum absolute atomic E-state index is 12.9. The van der Waals surface area contributed by atoms with Crippen molar-refractivity contribution in [3.05, 3.63) is 97.9 Å². The molecule has 4 N–H and O–H groups in total. The number of nitrogens with two attached hydrogens (primary N) is 1. The lowest BCUT2D eigenvalue weighted by Gasteiger charge is -2.14. The third-order valence-corrected chi connectivity index (χ3v) is 5.33. The second-order valence-electron chi connectivity index (χ2n) is 7.29. The molecule has 3 rings (SSSR count). The number of nitrogens with one attached hydrogen (secondary N) is 1. The fourth-order valence-corrected chi connectivity index (χ4v) is 3.47. The van der Waals surface area contributed by atoms with Gasteiger partial charge in [0.05, 0.1) is 25.3 Å². The van der Waals surface area contributed by atoms with Gasteiger partial charge in [0, 0.05) is 23.7 Å². The van der Waals surface area contributed by atoms with Gasteiger partial charge in [-0.15, -0.1) is 0 Å². The number of benzene rings is 2. The summed E-state index contributed by atoms with van der Waals surface area (Å²) in [5, 5.41) is 17.9. The first-order chi connectivity index (χ1) is 14.9. The Labute approximate surface area is 185 Å². The first-order valence-electron chi connectivity index (χ1n) is 9.91. The third-order valence-electron chi connectivity index (χ3n) is 5.09. The average molecular weight is 441 g/mol. The van der Waals surface area contributed by atoms with Gasteiger partial charge in [0.1, 0.15) is 0 Å². The quantitative estimate of drug-likeness (QED) is 0.497. The molecule has 0 aliphatic carbocycles. The van der Waals surface area contributed by atoms with E-state index >= 15 is 0 Å². The van der Waals surface area contributed by atoms with E-state index in [0.717, 1.165) is 11.1 Å². The van der Waals surface area contributed by atoms with Gasteiger partial charge < -0.3 is 16.2 Å². The Kier molecular flexibility index (Phi) is 7.57. The molecule has 2 aromatic carbocycles. The van der Waals surface area contributed by atoms with Crippen LogP contribution < -0.4 is 16.6 Å². The van der Waals surface area contributed by atoms with E-state index in [9.17, 15) is 14.7 Å². The van der Waals surface area contributed by atoms with Crippen LogP contribution in [0.4, 0.5) is 0 Å². The minimum atomic E-state index is -0.881. The van der Waals surface area contributed by atoms with Gasteiger partial charge >= 0.3 is 0 Å². The average Bonchev–Trinajstić information content (AvgIpc) is 2.77. The van der Waals surface area contributed by atoms with Gasteiger partial charge in [0.15, 0.2) is 0 Å². The number of carbonyl (C=O) groups excluding carboxylic acids is 1. The molecule has 0 saturated heterocycles. The molecule has 162 valence electrons. The third kappa shape index (κ3) is 5.79. The molecule has 1 atom stereocenters. The van der Waals surface area contributed by atoms with Gasteiger partial charge in [-0.2, -0.15) is 5.10 Å². The van der Waals surface area contributed by atoms with E-state index < -0.39 is 11.7 Å². The molecule has 1 unspecified atom stereocenters. The maximum Gasteiger partial charge on any atom is 0.270 e. The van der Waals surface area contributed by atoms with Crippen molar-refractivity contribution in [2.75, 3.05) is 0 Å². The number of halogens is 1. The van der Waals surface area contributed by atoms with E-state index in [2.05, 4.69) is 10.4 Å². The van der Waals surface area contributed by atoms with Crippen molar-refractivity contribution in [1.29, 1.82) is 0 Å². The number of aliphatic hydroxyl groups excluding tert-OH is 1. The van der Waals surface area contributed by atoms with Crippen LogP contribution >= 0.6 is 11.6 Å². The standard InChI is InChI=1S/C23H25ClN4O3/c1-15-12-27-28(14-21(29)16-5-3-2-4-6-16)23(31)20(15)10-22(30)26-13-18-9-19(24)8-7-17(18)11-25/h2-9,12,21,29H,10-11,13-14,25H2,1H3,(H,26,30). The molecule has 0 spiro atoms. The normalized spacial score (nSPS) is 11.9. The molecule has 0 saturated carbocycles. The molecule has 1 aromatic heterocycles. The molecule has 0 fully saturated rings. The molecular weight excluding hydrogens is 416 g/mol. The van der Waals surface area contributed by atoms with E-state index in [1.54, 1.807) is 31.2 Å². The fraction of sp³-hybridized carbons (Fsp3) is 0.261. The largest absolute Gasteiger partial charge is 0.386 e. The lowest BCUT2D eigenvalue weighted by atomic mass is 10.1. The van der Waals surface area contributed by atoms with E-state index in [1.165, 1.54) is 10.9 Å². The zero-order chi connectivity index (χ0) is 22.4. The Bertz CT molecular complexity index is 1120. The van der Waals surface area contributed by atoms with Crippen molar-refractivity contribution in [3.63, 3.8) is 0 Å². The molecular formula is C23H25ClN4O3. The molecule has 1 amide bonds. The van der Waals surface area contributed by atoms with Crippen molar-refractivity contribution in [2.24, 2.45) is 5.73 Å². The van der Waals surface area contributed by atoms with E-state index in [1.807, 2.05) is 24.3 Å². The first-order valence-corrected chi connectivity index (χ1v) is 10.3. The summed E-state index contributed by atoms with van der Waals surface area (Å²) < 4.78 is 1.19. The molecule has 0 radical (unpaired) electrons. The topological polar surface area (TPSA) is 110 Å². The van der Waals surface area contributed by atoms with Crippen LogP contribution in [0.1, 0.15) is 33.9 Å². The van der Waals surface area contributed by atoms with E-state index in [4.69, 9.17) is 17.3 Å². The maximum atomic E-state index is 12.9. The van der Waals surface area contributed by atoms with Gasteiger partial charge in [0.2, 0.25) is 5.91 Å². The van der Waals surface area contributed by atoms with Crippen LogP contribution in [0.15, 0.2) is 59.5 Å². The summed E-state index contributed by atoms with van der Waals surface area (Å²) in [5.41, 5.74) is 8.73. The van der Waals surface area contributed by atoms with Crippen LogP contribution in [0.3, 0.4) is 0 Å². The zero-order valence-corrected chi connectivity index (χ0v) is 18.0. The fourth-order valence-electron chi connectivity index (χ4n) is 3.28. The molecule has 7 nitrogen and oxygen atoms in total. The second-order valence-corrected chi connectivity index (χ2v) is 7.73. The van der Waals surface area contributed by atoms with Crippen LogP contribution in [0.2, 0.25) is 5.02 Å². The highest BCUT2D eigenvalue weighted by Crippen LogP contribution is 2.16. The Balaban J connectivity index is 1.71. The highest BCUT2D eigenvalue weighted by molar-refractivity contribution is 6.30. The SMILES string of the molecule is Cc1cnn(CC(O)c2ccccc2)c(=O)c1CC(=O)NCc1cc(Cl)ccc1CN. The number of hydrogen-bond acceptors (Lipinski definition) is 5. The van der Waals surface area contributed by atoms with E-state index in [0.29, 0.717) is 28.3 Å². The zero-order valence-electron chi connectivity index (χ0n) is 17.2. The summed E-state index contributed by atoms with van der Waals surface area (Å²) in [6.45, 7) is 2.33. The summed E-state index contributed by atoms with van der Waals surface area (Å²) in [6, 6.07) is 14.4. The smallest absolute Gasteiger partial charge is 0.270 e. The van der Waals surface area contributed by atoms with Gasteiger partial charge in [0.25, 0.3) is 5.56 Å². The molecule has 31 heavy (non-hydrogen) atoms. The predicted octanol–water partition coefficient (Wildman–Crippen LogP) is 2.26. The Morgan fingerprint density at radius 2 is 1.97 bits per heavy atom. The van der Waals surface area contributed by atoms with Crippen LogP contribution in [-0.2, 0) is 30.8 Å². The molecule has 0 aliphatic rings. The highest BCUT2D eigenvalue weighted by Gasteiger charge is 2.16. The van der Waals surface area contributed by atoms with E-state index in [-0.39, 0.29) is 25.4 Å². The summed E-state index contributed by atoms with van der Waals surface area (Å²) in [5.74, 6) is -0.301. The van der Waals surface area contributed by atoms with Gasteiger partial charge in [-0.1, -0.05) is 48.0 Å². The number of aryl methyl sites for hydroxylation is 1. The van der Waals surface area contributed by atoms with Gasteiger partial charge in [-0.3, -0.25) is 9.59 Å². The molecule has 8 heteroatoms. The summed E-state index contributed by atoms with van der Waals surface area (Å²) >= 11 is 6.04. The van der Waals surface area contributed by atoms with Crippen LogP contribution in [0.5, 0.6) is 0 Å². The minimum Gasteiger partial charge on any atom is -0.386 e. The summed E-state index contributed by atoms with van der Waals surface area (Å²) in [7, 11) is 0. The summed E-state index contributed by atoms with van der Waals surface area (Å²) in [6.07, 6.45) is 0.562. The number of carbonyl (C=O) groups is 1. The number of nitrogens with zero attached hydrogens (tertiary/aromatic N) is 2. The van der Waals surface area contributed by atoms with Gasteiger partial charge in [-0.05, 0) is 41.3 Å². The van der Waals surface area contributed by atoms with Crippen molar-refractivity contribution in [1.82, 2.24) is 15.1 Å². The molecule has 0 bridgehead atoms. The van der Waals surface area contributed by atoms with Crippen LogP contribution in [-0.4, -0.2) is 20.8 Å². The number of hydrogen-bond donors (Lipinski definition) is 3. The lowest BCUT2D eigenvalue weighted by molar-refractivity contribution is -0.120. The number of aliphatic hydroxyl groups is 1. The predicted molar refractivity (Wildman–Crippen MR) is 120 cm³/mol. The van der Waals surface area contributed by atoms with Crippen molar-refractivity contribution >= 4 is 17.5 Å². The van der Waals surface area contributed by atoms with Crippen molar-refractivity contribution in [2.45, 2.75) is 39.1 Å². The molecule has 0 aliphatic heterocycles. The Morgan fingerprint density at radius 3 is 2.68 bits per heavy atom. The Morgan fingerprint density at radius 1 is 1.23 bits per heavy atom. The Hall–Kier alpha value is -3.00. The van der Waals surface area contributed by atoms with Crippen LogP contribution in [0.25, 0.3) is 0 Å². The minimum absolute atomic E-state index is 0.000119. The molecule has 1 heterocycles. The first kappa shape index (κ1) is 22.7. The van der Waals surface area contributed by atoms with Crippen molar-refractivity contribution in [3.8, 4) is 0 Å². The monoisotopic (exact) mass is 440 g/mol. The molecule has 3 aromatic rings. The van der Waals surface area contributed by atoms with Gasteiger partial charge in [-0.25, -0.2) is 4.68 Å². The lowest BCUT2D eigenvalue weighted by Crippen LogP contribution is -2.33. The number of amides is 1. The highest BCUT2D eigenvalue weighted by atomic mass is 35.5. The van der Waals surface area contributed by atoms with Crippen molar-refractivity contribution < 1.29 is 9.90 Å². The summed E-state index contributed by atoms with van der Waals surface area (Å²) in [4.78, 5) is 25.4. The van der Waals surface area contributed by atoms with Crippen LogP contribution in [0, 0.1) is 6.92 Å². The number of aromatic nitrogens is 2. The number of rotatable bonds is 8. The second kappa shape index (κ2) is 10.3.